The summed E-state index contributed by atoms with van der Waals surface area (Å²) in [6.45, 7) is 9.25. The fourth-order valence-corrected chi connectivity index (χ4v) is 1.31. The first-order valence-electron chi connectivity index (χ1n) is 5.94. The summed E-state index contributed by atoms with van der Waals surface area (Å²) in [5, 5.41) is 3.42. The van der Waals surface area contributed by atoms with E-state index < -0.39 is 0 Å². The van der Waals surface area contributed by atoms with E-state index in [-0.39, 0.29) is 6.10 Å². The van der Waals surface area contributed by atoms with Gasteiger partial charge in [-0.1, -0.05) is 6.92 Å². The van der Waals surface area contributed by atoms with Gasteiger partial charge in [0, 0.05) is 18.3 Å². The summed E-state index contributed by atoms with van der Waals surface area (Å²) in [4.78, 5) is 4.20. The highest BCUT2D eigenvalue weighted by Gasteiger charge is 2.05. The minimum atomic E-state index is 0.165. The number of aryl methyl sites for hydroxylation is 1. The molecule has 1 N–H and O–H groups in total. The first-order chi connectivity index (χ1) is 7.61. The lowest BCUT2D eigenvalue weighted by molar-refractivity contribution is 0.211. The number of nitrogens with zero attached hydrogens (tertiary/aromatic N) is 1. The zero-order valence-electron chi connectivity index (χ0n) is 10.7. The highest BCUT2D eigenvalue weighted by atomic mass is 16.5. The zero-order valence-corrected chi connectivity index (χ0v) is 10.7. The van der Waals surface area contributed by atoms with Crippen molar-refractivity contribution in [3.63, 3.8) is 0 Å². The Bertz CT molecular complexity index is 297. The fraction of sp³-hybridized carbons (Fsp3) is 0.615. The van der Waals surface area contributed by atoms with Crippen molar-refractivity contribution in [3.8, 4) is 5.75 Å². The lowest BCUT2D eigenvalue weighted by Gasteiger charge is -2.18. The summed E-state index contributed by atoms with van der Waals surface area (Å²) in [5.41, 5.74) is 1.01. The summed E-state index contributed by atoms with van der Waals surface area (Å²) in [6.07, 6.45) is 3.08. The van der Waals surface area contributed by atoms with E-state index in [0.717, 1.165) is 24.4 Å². The van der Waals surface area contributed by atoms with Crippen LogP contribution in [0.2, 0.25) is 0 Å². The number of hydrogen-bond acceptors (Lipinski definition) is 3. The first-order valence-corrected chi connectivity index (χ1v) is 5.94. The second-order valence-electron chi connectivity index (χ2n) is 4.28. The molecule has 3 nitrogen and oxygen atoms in total. The van der Waals surface area contributed by atoms with Gasteiger partial charge in [0.2, 0.25) is 0 Å². The molecule has 0 bridgehead atoms. The number of rotatable bonds is 6. The van der Waals surface area contributed by atoms with Crippen molar-refractivity contribution in [1.29, 1.82) is 0 Å². The van der Waals surface area contributed by atoms with E-state index in [1.165, 1.54) is 0 Å². The van der Waals surface area contributed by atoms with E-state index in [4.69, 9.17) is 4.74 Å². The minimum Gasteiger partial charge on any atom is -0.488 e. The third-order valence-corrected chi connectivity index (χ3v) is 2.59. The Labute approximate surface area is 98.2 Å². The van der Waals surface area contributed by atoms with Gasteiger partial charge in [0.25, 0.3) is 0 Å². The summed E-state index contributed by atoms with van der Waals surface area (Å²) >= 11 is 0. The molecule has 1 aromatic rings. The molecule has 1 heterocycles. The van der Waals surface area contributed by atoms with Gasteiger partial charge < -0.3 is 10.1 Å². The Morgan fingerprint density at radius 3 is 2.69 bits per heavy atom. The zero-order chi connectivity index (χ0) is 12.0. The van der Waals surface area contributed by atoms with Crippen molar-refractivity contribution in [3.05, 3.63) is 24.0 Å². The number of aromatic nitrogens is 1. The van der Waals surface area contributed by atoms with Gasteiger partial charge >= 0.3 is 0 Å². The maximum atomic E-state index is 5.74. The lowest BCUT2D eigenvalue weighted by atomic mass is 10.2. The van der Waals surface area contributed by atoms with Crippen LogP contribution in [0.4, 0.5) is 0 Å². The van der Waals surface area contributed by atoms with Gasteiger partial charge in [0.15, 0.2) is 0 Å². The average Bonchev–Trinajstić information content (AvgIpc) is 2.29. The monoisotopic (exact) mass is 222 g/mol. The van der Waals surface area contributed by atoms with E-state index in [1.54, 1.807) is 6.20 Å². The molecule has 0 saturated carbocycles. The molecular formula is C13H22N2O. The molecule has 0 aliphatic heterocycles. The summed E-state index contributed by atoms with van der Waals surface area (Å²) in [6, 6.07) is 4.47. The molecule has 0 aliphatic carbocycles. The van der Waals surface area contributed by atoms with Crippen molar-refractivity contribution in [1.82, 2.24) is 10.3 Å². The van der Waals surface area contributed by atoms with Crippen LogP contribution >= 0.6 is 0 Å². The molecule has 2 atom stereocenters. The lowest BCUT2D eigenvalue weighted by Crippen LogP contribution is -2.34. The van der Waals surface area contributed by atoms with Crippen LogP contribution in [0, 0.1) is 6.92 Å². The molecule has 0 amide bonds. The maximum absolute atomic E-state index is 5.74. The topological polar surface area (TPSA) is 34.1 Å². The quantitative estimate of drug-likeness (QED) is 0.803. The van der Waals surface area contributed by atoms with E-state index in [0.29, 0.717) is 6.04 Å². The molecule has 0 fully saturated rings. The summed E-state index contributed by atoms with van der Waals surface area (Å²) in [7, 11) is 0. The van der Waals surface area contributed by atoms with E-state index in [1.807, 2.05) is 19.1 Å². The first kappa shape index (κ1) is 13.0. The summed E-state index contributed by atoms with van der Waals surface area (Å²) in [5.74, 6) is 0.837. The largest absolute Gasteiger partial charge is 0.488 e. The smallest absolute Gasteiger partial charge is 0.138 e. The van der Waals surface area contributed by atoms with Gasteiger partial charge in [-0.2, -0.15) is 0 Å². The predicted octanol–water partition coefficient (Wildman–Crippen LogP) is 2.55. The number of nitrogens with one attached hydrogen (secondary N) is 1. The van der Waals surface area contributed by atoms with Gasteiger partial charge in [-0.15, -0.1) is 0 Å². The predicted molar refractivity (Wildman–Crippen MR) is 66.8 cm³/mol. The van der Waals surface area contributed by atoms with Gasteiger partial charge in [-0.25, -0.2) is 0 Å². The Hall–Kier alpha value is -1.09. The highest BCUT2D eigenvalue weighted by Crippen LogP contribution is 2.10. The number of hydrogen-bond donors (Lipinski definition) is 1. The van der Waals surface area contributed by atoms with Crippen LogP contribution in [0.15, 0.2) is 18.3 Å². The Balaban J connectivity index is 2.33. The van der Waals surface area contributed by atoms with Crippen LogP contribution in [-0.2, 0) is 0 Å². The van der Waals surface area contributed by atoms with Crippen molar-refractivity contribution in [2.24, 2.45) is 0 Å². The van der Waals surface area contributed by atoms with E-state index >= 15 is 0 Å². The molecule has 0 radical (unpaired) electrons. The van der Waals surface area contributed by atoms with Crippen molar-refractivity contribution in [2.75, 3.05) is 6.54 Å². The van der Waals surface area contributed by atoms with Crippen LogP contribution in [0.25, 0.3) is 0 Å². The van der Waals surface area contributed by atoms with Gasteiger partial charge in [0.05, 0.1) is 6.20 Å². The van der Waals surface area contributed by atoms with Crippen molar-refractivity contribution >= 4 is 0 Å². The van der Waals surface area contributed by atoms with Gasteiger partial charge in [-0.05, 0) is 39.3 Å². The molecule has 0 saturated heterocycles. The average molecular weight is 222 g/mol. The summed E-state index contributed by atoms with van der Waals surface area (Å²) < 4.78 is 5.74. The van der Waals surface area contributed by atoms with Crippen LogP contribution in [0.3, 0.4) is 0 Å². The number of ether oxygens (including phenoxy) is 1. The molecule has 1 rings (SSSR count). The molecule has 0 aliphatic rings. The molecular weight excluding hydrogens is 200 g/mol. The fourth-order valence-electron chi connectivity index (χ4n) is 1.31. The second kappa shape index (κ2) is 6.48. The van der Waals surface area contributed by atoms with E-state index in [2.05, 4.69) is 31.1 Å². The third kappa shape index (κ3) is 4.62. The Kier molecular flexibility index (Phi) is 5.26. The van der Waals surface area contributed by atoms with Crippen LogP contribution in [0.1, 0.15) is 32.9 Å². The highest BCUT2D eigenvalue weighted by molar-refractivity contribution is 5.19. The van der Waals surface area contributed by atoms with Crippen LogP contribution in [-0.4, -0.2) is 23.7 Å². The normalized spacial score (nSPS) is 14.5. The molecule has 16 heavy (non-hydrogen) atoms. The second-order valence-corrected chi connectivity index (χ2v) is 4.28. The van der Waals surface area contributed by atoms with Crippen molar-refractivity contribution in [2.45, 2.75) is 46.3 Å². The van der Waals surface area contributed by atoms with E-state index in [9.17, 15) is 0 Å². The van der Waals surface area contributed by atoms with Crippen molar-refractivity contribution < 1.29 is 4.74 Å². The molecule has 0 aromatic carbocycles. The van der Waals surface area contributed by atoms with Gasteiger partial charge in [-0.3, -0.25) is 4.98 Å². The SMILES string of the molecule is CCC(C)NCC(C)Oc1ccc(C)nc1. The molecule has 3 heteroatoms. The molecule has 90 valence electrons. The molecule has 2 unspecified atom stereocenters. The standard InChI is InChI=1S/C13H22N2O/c1-5-10(2)14-8-12(4)16-13-7-6-11(3)15-9-13/h6-7,9-10,12,14H,5,8H2,1-4H3. The Morgan fingerprint density at radius 2 is 2.12 bits per heavy atom. The minimum absolute atomic E-state index is 0.165. The molecule has 1 aromatic heterocycles. The molecule has 0 spiro atoms. The number of pyridine rings is 1. The van der Waals surface area contributed by atoms with Crippen LogP contribution < -0.4 is 10.1 Å². The third-order valence-electron chi connectivity index (χ3n) is 2.59. The Morgan fingerprint density at radius 1 is 1.38 bits per heavy atom. The maximum Gasteiger partial charge on any atom is 0.138 e. The van der Waals surface area contributed by atoms with Gasteiger partial charge in [0.1, 0.15) is 11.9 Å². The van der Waals surface area contributed by atoms with Crippen LogP contribution in [0.5, 0.6) is 5.75 Å².